The summed E-state index contributed by atoms with van der Waals surface area (Å²) in [6.07, 6.45) is 0.375. The van der Waals surface area contributed by atoms with Crippen molar-refractivity contribution in [1.29, 1.82) is 0 Å². The molecule has 10 heavy (non-hydrogen) atoms. The first-order chi connectivity index (χ1) is 4.68. The van der Waals surface area contributed by atoms with Gasteiger partial charge in [-0.2, -0.15) is 0 Å². The Labute approximate surface area is 73.4 Å². The van der Waals surface area contributed by atoms with Gasteiger partial charge >= 0.3 is 0 Å². The highest BCUT2D eigenvalue weighted by atomic mass is 35.5. The number of thiol groups is 1. The third-order valence-corrected chi connectivity index (χ3v) is 2.34. The Hall–Kier alpha value is 0.01000. The molecule has 54 valence electrons. The standard InChI is InChI=1S/C6H5ClOS2/c7-5-2-1-4(10-5)3-6(8)9/h1-2H,3H2,(H,8,9). The Morgan fingerprint density at radius 1 is 1.70 bits per heavy atom. The van der Waals surface area contributed by atoms with E-state index in [4.69, 9.17) is 11.6 Å². The van der Waals surface area contributed by atoms with Gasteiger partial charge in [0.2, 0.25) is 0 Å². The summed E-state index contributed by atoms with van der Waals surface area (Å²) >= 11 is 10.7. The molecule has 0 saturated carbocycles. The average Bonchev–Trinajstić information content (AvgIpc) is 2.13. The molecule has 0 spiro atoms. The van der Waals surface area contributed by atoms with Crippen LogP contribution in [0.4, 0.5) is 0 Å². The maximum absolute atomic E-state index is 10.5. The second-order valence-corrected chi connectivity index (χ2v) is 4.07. The quantitative estimate of drug-likeness (QED) is 0.713. The number of rotatable bonds is 2. The molecule has 0 aromatic carbocycles. The molecule has 0 aliphatic rings. The normalized spacial score (nSPS) is 9.80. The Kier molecular flexibility index (Phi) is 2.77. The lowest BCUT2D eigenvalue weighted by Gasteiger charge is -1.85. The molecule has 0 radical (unpaired) electrons. The zero-order valence-electron chi connectivity index (χ0n) is 5.00. The minimum Gasteiger partial charge on any atom is -0.287 e. The monoisotopic (exact) mass is 192 g/mol. The van der Waals surface area contributed by atoms with Gasteiger partial charge in [0.25, 0.3) is 0 Å². The van der Waals surface area contributed by atoms with Gasteiger partial charge in [0.1, 0.15) is 0 Å². The van der Waals surface area contributed by atoms with Crippen molar-refractivity contribution in [2.75, 3.05) is 0 Å². The van der Waals surface area contributed by atoms with Crippen LogP contribution < -0.4 is 0 Å². The van der Waals surface area contributed by atoms with Crippen LogP contribution in [0.15, 0.2) is 12.1 Å². The minimum absolute atomic E-state index is 0.126. The van der Waals surface area contributed by atoms with Gasteiger partial charge in [-0.3, -0.25) is 4.79 Å². The Morgan fingerprint density at radius 3 is 2.80 bits per heavy atom. The van der Waals surface area contributed by atoms with Gasteiger partial charge in [0.05, 0.1) is 10.8 Å². The molecular formula is C6H5ClOS2. The molecule has 1 aromatic heterocycles. The van der Waals surface area contributed by atoms with Crippen LogP contribution in [0.2, 0.25) is 4.34 Å². The van der Waals surface area contributed by atoms with E-state index in [1.165, 1.54) is 11.3 Å². The Balaban J connectivity index is 2.67. The summed E-state index contributed by atoms with van der Waals surface area (Å²) in [6.45, 7) is 0. The van der Waals surface area contributed by atoms with E-state index in [-0.39, 0.29) is 5.12 Å². The summed E-state index contributed by atoms with van der Waals surface area (Å²) < 4.78 is 0.713. The van der Waals surface area contributed by atoms with Crippen molar-refractivity contribution in [2.24, 2.45) is 0 Å². The number of carbonyl (C=O) groups is 1. The summed E-state index contributed by atoms with van der Waals surface area (Å²) in [6, 6.07) is 3.61. The van der Waals surface area contributed by atoms with E-state index < -0.39 is 0 Å². The first-order valence-electron chi connectivity index (χ1n) is 2.64. The van der Waals surface area contributed by atoms with Gasteiger partial charge in [0, 0.05) is 4.88 Å². The molecule has 0 aliphatic heterocycles. The van der Waals surface area contributed by atoms with E-state index in [9.17, 15) is 4.79 Å². The van der Waals surface area contributed by atoms with E-state index in [2.05, 4.69) is 12.6 Å². The van der Waals surface area contributed by atoms with Gasteiger partial charge in [-0.15, -0.1) is 24.0 Å². The van der Waals surface area contributed by atoms with Crippen molar-refractivity contribution < 1.29 is 4.79 Å². The number of hydrogen-bond donors (Lipinski definition) is 1. The van der Waals surface area contributed by atoms with Gasteiger partial charge in [0.15, 0.2) is 5.12 Å². The van der Waals surface area contributed by atoms with Crippen LogP contribution in [0.25, 0.3) is 0 Å². The molecule has 0 bridgehead atoms. The first-order valence-corrected chi connectivity index (χ1v) is 4.28. The second-order valence-electron chi connectivity index (χ2n) is 1.78. The van der Waals surface area contributed by atoms with E-state index in [0.717, 1.165) is 4.88 Å². The highest BCUT2D eigenvalue weighted by Crippen LogP contribution is 2.21. The summed E-state index contributed by atoms with van der Waals surface area (Å²) in [5, 5.41) is -0.126. The molecule has 0 unspecified atom stereocenters. The van der Waals surface area contributed by atoms with Crippen LogP contribution in [-0.4, -0.2) is 5.12 Å². The molecule has 0 N–H and O–H groups in total. The van der Waals surface area contributed by atoms with Crippen molar-refractivity contribution in [3.05, 3.63) is 21.3 Å². The largest absolute Gasteiger partial charge is 0.287 e. The maximum atomic E-state index is 10.5. The van der Waals surface area contributed by atoms with E-state index in [1.807, 2.05) is 6.07 Å². The molecule has 1 rings (SSSR count). The Morgan fingerprint density at radius 2 is 2.40 bits per heavy atom. The maximum Gasteiger partial charge on any atom is 0.191 e. The van der Waals surface area contributed by atoms with Crippen LogP contribution >= 0.6 is 35.6 Å². The lowest BCUT2D eigenvalue weighted by atomic mass is 10.4. The van der Waals surface area contributed by atoms with Crippen molar-refractivity contribution in [2.45, 2.75) is 6.42 Å². The molecule has 0 aliphatic carbocycles. The van der Waals surface area contributed by atoms with Crippen LogP contribution in [0, 0.1) is 0 Å². The van der Waals surface area contributed by atoms with Gasteiger partial charge < -0.3 is 0 Å². The smallest absolute Gasteiger partial charge is 0.191 e. The molecule has 0 atom stereocenters. The lowest BCUT2D eigenvalue weighted by molar-refractivity contribution is -0.110. The molecule has 0 amide bonds. The second kappa shape index (κ2) is 3.42. The topological polar surface area (TPSA) is 17.1 Å². The van der Waals surface area contributed by atoms with Gasteiger partial charge in [-0.1, -0.05) is 11.6 Å². The van der Waals surface area contributed by atoms with Crippen LogP contribution in [-0.2, 0) is 11.2 Å². The Bertz CT molecular complexity index is 244. The average molecular weight is 193 g/mol. The van der Waals surface area contributed by atoms with E-state index in [1.54, 1.807) is 6.07 Å². The molecule has 1 aromatic rings. The van der Waals surface area contributed by atoms with Crippen LogP contribution in [0.5, 0.6) is 0 Å². The number of carbonyl (C=O) groups excluding carboxylic acids is 1. The van der Waals surface area contributed by atoms with Gasteiger partial charge in [-0.25, -0.2) is 0 Å². The number of hydrogen-bond acceptors (Lipinski definition) is 2. The highest BCUT2D eigenvalue weighted by molar-refractivity contribution is 7.96. The van der Waals surface area contributed by atoms with Crippen molar-refractivity contribution in [3.63, 3.8) is 0 Å². The molecule has 0 saturated heterocycles. The zero-order chi connectivity index (χ0) is 7.56. The summed E-state index contributed by atoms with van der Waals surface area (Å²) in [5.41, 5.74) is 0. The molecule has 1 nitrogen and oxygen atoms in total. The third kappa shape index (κ3) is 2.33. The first kappa shape index (κ1) is 8.11. The molecule has 0 fully saturated rings. The van der Waals surface area contributed by atoms with Gasteiger partial charge in [-0.05, 0) is 12.1 Å². The van der Waals surface area contributed by atoms with E-state index >= 15 is 0 Å². The fourth-order valence-electron chi connectivity index (χ4n) is 0.596. The number of thiophene rings is 1. The fourth-order valence-corrected chi connectivity index (χ4v) is 1.96. The lowest BCUT2D eigenvalue weighted by Crippen LogP contribution is -1.88. The van der Waals surface area contributed by atoms with Crippen molar-refractivity contribution in [3.8, 4) is 0 Å². The van der Waals surface area contributed by atoms with Crippen LogP contribution in [0.3, 0.4) is 0 Å². The predicted octanol–water partition coefficient (Wildman–Crippen LogP) is 2.40. The predicted molar refractivity (Wildman–Crippen MR) is 47.0 cm³/mol. The molecular weight excluding hydrogens is 188 g/mol. The molecule has 1 heterocycles. The van der Waals surface area contributed by atoms with Crippen LogP contribution in [0.1, 0.15) is 4.88 Å². The summed E-state index contributed by atoms with van der Waals surface area (Å²) in [7, 11) is 0. The van der Waals surface area contributed by atoms with Crippen molar-refractivity contribution in [1.82, 2.24) is 0 Å². The fraction of sp³-hybridized carbons (Fsp3) is 0.167. The summed E-state index contributed by atoms with van der Waals surface area (Å²) in [5.74, 6) is 0. The summed E-state index contributed by atoms with van der Waals surface area (Å²) in [4.78, 5) is 11.4. The minimum atomic E-state index is -0.126. The van der Waals surface area contributed by atoms with Crippen molar-refractivity contribution >= 4 is 40.7 Å². The zero-order valence-corrected chi connectivity index (χ0v) is 7.47. The molecule has 4 heteroatoms. The number of halogens is 1. The van der Waals surface area contributed by atoms with E-state index in [0.29, 0.717) is 10.8 Å². The third-order valence-electron chi connectivity index (χ3n) is 0.954. The SMILES string of the molecule is O=C(S)Cc1ccc(Cl)s1. The highest BCUT2D eigenvalue weighted by Gasteiger charge is 2.00.